The highest BCUT2D eigenvalue weighted by Gasteiger charge is 2.41. The molecule has 0 atom stereocenters. The fourth-order valence-electron chi connectivity index (χ4n) is 5.18. The van der Waals surface area contributed by atoms with E-state index in [2.05, 4.69) is 85.5 Å². The second kappa shape index (κ2) is 46.1. The Hall–Kier alpha value is -10.4. The Balaban J connectivity index is -0.00000131. The molecule has 0 radical (unpaired) electrons. The van der Waals surface area contributed by atoms with Crippen LogP contribution in [0.4, 0.5) is 0 Å². The summed E-state index contributed by atoms with van der Waals surface area (Å²) in [6, 6.07) is 0. The van der Waals surface area contributed by atoms with Gasteiger partial charge in [-0.25, -0.2) is 62.3 Å². The Morgan fingerprint density at radius 3 is 0.414 bits per heavy atom. The monoisotopic (exact) mass is 1230 g/mol. The molecule has 87 heavy (non-hydrogen) atoms. The lowest BCUT2D eigenvalue weighted by Crippen LogP contribution is -2.47. The second-order valence-corrected chi connectivity index (χ2v) is 17.2. The molecule has 0 fully saturated rings. The van der Waals surface area contributed by atoms with Crippen LogP contribution < -0.4 is 0 Å². The number of carbonyl (C=O) groups is 13. The van der Waals surface area contributed by atoms with Gasteiger partial charge in [0, 0.05) is 79.0 Å². The molecular formula is C59H72O28. The lowest BCUT2D eigenvalue weighted by atomic mass is 9.90. The maximum atomic E-state index is 11.8. The van der Waals surface area contributed by atoms with E-state index in [1.807, 2.05) is 0 Å². The largest absolute Gasteiger partial charge is 0.462 e. The first-order valence-corrected chi connectivity index (χ1v) is 24.7. The second-order valence-electron chi connectivity index (χ2n) is 17.2. The molecule has 0 heterocycles. The van der Waals surface area contributed by atoms with Crippen molar-refractivity contribution in [1.29, 1.82) is 0 Å². The van der Waals surface area contributed by atoms with Gasteiger partial charge < -0.3 is 71.4 Å². The van der Waals surface area contributed by atoms with Gasteiger partial charge in [0.2, 0.25) is 0 Å². The first kappa shape index (κ1) is 80.9. The molecule has 0 aromatic heterocycles. The van der Waals surface area contributed by atoms with E-state index in [-0.39, 0.29) is 46.2 Å². The van der Waals surface area contributed by atoms with Gasteiger partial charge in [-0.1, -0.05) is 85.5 Å². The number of rotatable bonds is 44. The highest BCUT2D eigenvalue weighted by Crippen LogP contribution is 2.27. The predicted octanol–water partition coefficient (Wildman–Crippen LogP) is 2.39. The molecule has 28 heteroatoms. The van der Waals surface area contributed by atoms with Crippen molar-refractivity contribution in [1.82, 2.24) is 0 Å². The van der Waals surface area contributed by atoms with Gasteiger partial charge in [0.25, 0.3) is 0 Å². The minimum Gasteiger partial charge on any atom is -0.462 e. The first-order chi connectivity index (χ1) is 41.2. The number of esters is 13. The standard InChI is InChI=1S/C28H34O13.C17H20O8.C14H18O7/c1-7-21(29)36-15-27(16-37-22(30)8-2,17-38-23(31)9-3)13-35-14-28(18-39-24(32)10-4,19-40-25(33)11-5)20-41-26(34)12-6;1-5-13(18)22-9-17(10-23-14(19)6-2,11-24-15(20)7-3)12-25-16(21)8-4;1-4-11(16)19-8-14(7-15,9-20-12(17)5-2)10-21-13(18)6-3/h7-12H,1-6,13-20H2;5-8H,1-4,9-12H2;4-6,15H,1-3,7-10H2. The number of hydrogen-bond donors (Lipinski definition) is 1. The molecule has 0 aromatic carbocycles. The van der Waals surface area contributed by atoms with E-state index in [1.54, 1.807) is 0 Å². The number of ether oxygens (including phenoxy) is 14. The third kappa shape index (κ3) is 37.5. The van der Waals surface area contributed by atoms with Gasteiger partial charge in [0.15, 0.2) is 0 Å². The zero-order valence-corrected chi connectivity index (χ0v) is 48.0. The van der Waals surface area contributed by atoms with Crippen LogP contribution in [0, 0.1) is 21.7 Å². The van der Waals surface area contributed by atoms with Crippen LogP contribution in [0.15, 0.2) is 165 Å². The molecule has 0 aliphatic carbocycles. The van der Waals surface area contributed by atoms with Crippen LogP contribution in [-0.2, 0) is 129 Å². The van der Waals surface area contributed by atoms with E-state index in [1.165, 1.54) is 0 Å². The maximum Gasteiger partial charge on any atom is 0.330 e. The van der Waals surface area contributed by atoms with E-state index in [0.717, 1.165) is 79.0 Å². The van der Waals surface area contributed by atoms with E-state index in [4.69, 9.17) is 66.3 Å². The first-order valence-electron chi connectivity index (χ1n) is 24.7. The van der Waals surface area contributed by atoms with Crippen LogP contribution in [0.25, 0.3) is 0 Å². The summed E-state index contributed by atoms with van der Waals surface area (Å²) in [5.74, 6) is -10.2. The van der Waals surface area contributed by atoms with Crippen molar-refractivity contribution >= 4 is 77.6 Å². The zero-order valence-electron chi connectivity index (χ0n) is 48.0. The Labute approximate surface area is 501 Å². The molecule has 0 amide bonds. The highest BCUT2D eigenvalue weighted by atomic mass is 16.6. The van der Waals surface area contributed by atoms with Crippen LogP contribution >= 0.6 is 0 Å². The summed E-state index contributed by atoms with van der Waals surface area (Å²) in [7, 11) is 0. The zero-order chi connectivity index (χ0) is 66.9. The predicted molar refractivity (Wildman–Crippen MR) is 303 cm³/mol. The SMILES string of the molecule is C=CC(=O)OCC(CO)(COC(=O)C=C)COC(=O)C=C.C=CC(=O)OCC(COC(=O)C=C)(COC(=O)C=C)COC(=O)C=C.C=CC(=O)OCC(COCC(COC(=O)C=C)(COC(=O)C=C)COC(=O)C=C)(COC(=O)C=C)COC(=O)C=C. The molecule has 0 spiro atoms. The van der Waals surface area contributed by atoms with Crippen molar-refractivity contribution in [3.05, 3.63) is 165 Å². The molecule has 0 aromatic rings. The van der Waals surface area contributed by atoms with Crippen LogP contribution in [-0.4, -0.2) is 188 Å². The molecular weight excluding hydrogens is 1160 g/mol. The van der Waals surface area contributed by atoms with E-state index >= 15 is 0 Å². The third-order valence-electron chi connectivity index (χ3n) is 10.1. The van der Waals surface area contributed by atoms with Gasteiger partial charge >= 0.3 is 77.6 Å². The summed E-state index contributed by atoms with van der Waals surface area (Å²) in [5, 5.41) is 9.48. The van der Waals surface area contributed by atoms with Gasteiger partial charge in [-0.3, -0.25) is 0 Å². The fraction of sp³-hybridized carbons (Fsp3) is 0.339. The van der Waals surface area contributed by atoms with Crippen LogP contribution in [0.5, 0.6) is 0 Å². The molecule has 0 saturated heterocycles. The Kier molecular flexibility index (Phi) is 42.8. The quantitative estimate of drug-likeness (QED) is 0.0520. The third-order valence-corrected chi connectivity index (χ3v) is 10.1. The van der Waals surface area contributed by atoms with Crippen molar-refractivity contribution in [3.63, 3.8) is 0 Å². The molecule has 0 aliphatic heterocycles. The Morgan fingerprint density at radius 2 is 0.310 bits per heavy atom. The molecule has 0 rings (SSSR count). The smallest absolute Gasteiger partial charge is 0.330 e. The molecule has 476 valence electrons. The maximum absolute atomic E-state index is 11.8. The summed E-state index contributed by atoms with van der Waals surface area (Å²) < 4.78 is 71.0. The summed E-state index contributed by atoms with van der Waals surface area (Å²) >= 11 is 0. The molecule has 1 N–H and O–H groups in total. The summed E-state index contributed by atoms with van der Waals surface area (Å²) in [5.41, 5.74) is -5.60. The van der Waals surface area contributed by atoms with Gasteiger partial charge in [0.05, 0.1) is 36.1 Å². The van der Waals surface area contributed by atoms with Crippen molar-refractivity contribution in [2.45, 2.75) is 0 Å². The fourth-order valence-corrected chi connectivity index (χ4v) is 5.18. The van der Waals surface area contributed by atoms with Crippen molar-refractivity contribution in [3.8, 4) is 0 Å². The lowest BCUT2D eigenvalue weighted by Gasteiger charge is -2.35. The Morgan fingerprint density at radius 1 is 0.207 bits per heavy atom. The number of aliphatic hydroxyl groups is 1. The molecule has 0 aliphatic rings. The van der Waals surface area contributed by atoms with Crippen molar-refractivity contribution in [2.75, 3.05) is 106 Å². The Bertz CT molecular complexity index is 2170. The van der Waals surface area contributed by atoms with Crippen molar-refractivity contribution in [2.24, 2.45) is 21.7 Å². The normalized spacial score (nSPS) is 10.3. The molecule has 0 bridgehead atoms. The van der Waals surface area contributed by atoms with Gasteiger partial charge in [0.1, 0.15) is 91.3 Å². The highest BCUT2D eigenvalue weighted by molar-refractivity contribution is 5.85. The van der Waals surface area contributed by atoms with Crippen molar-refractivity contribution < 1.29 is 134 Å². The topological polar surface area (TPSA) is 371 Å². The molecule has 0 unspecified atom stereocenters. The average Bonchev–Trinajstić information content (AvgIpc) is 3.74. The minimum absolute atomic E-state index is 0.330. The van der Waals surface area contributed by atoms with Crippen LogP contribution in [0.2, 0.25) is 0 Å². The van der Waals surface area contributed by atoms with Crippen LogP contribution in [0.1, 0.15) is 0 Å². The average molecular weight is 1230 g/mol. The summed E-state index contributed by atoms with van der Waals surface area (Å²) in [4.78, 5) is 149. The number of hydrogen-bond acceptors (Lipinski definition) is 28. The summed E-state index contributed by atoms with van der Waals surface area (Å²) in [6.07, 6.45) is 11.8. The van der Waals surface area contributed by atoms with Gasteiger partial charge in [-0.2, -0.15) is 0 Å². The van der Waals surface area contributed by atoms with E-state index < -0.39 is 159 Å². The molecule has 0 saturated carbocycles. The van der Waals surface area contributed by atoms with Crippen LogP contribution in [0.3, 0.4) is 0 Å². The summed E-state index contributed by atoms with van der Waals surface area (Å²) in [6.45, 7) is 35.7. The molecule has 28 nitrogen and oxygen atoms in total. The number of aliphatic hydroxyl groups excluding tert-OH is 1. The van der Waals surface area contributed by atoms with E-state index in [9.17, 15) is 67.4 Å². The number of carbonyl (C=O) groups excluding carboxylic acids is 13. The minimum atomic E-state index is -1.49. The lowest BCUT2D eigenvalue weighted by molar-refractivity contribution is -0.171. The van der Waals surface area contributed by atoms with Gasteiger partial charge in [-0.05, 0) is 0 Å². The van der Waals surface area contributed by atoms with E-state index in [0.29, 0.717) is 0 Å². The van der Waals surface area contributed by atoms with Gasteiger partial charge in [-0.15, -0.1) is 0 Å².